The Hall–Kier alpha value is -2.37. The molecule has 3 aromatic rings. The van der Waals surface area contributed by atoms with Crippen molar-refractivity contribution >= 4 is 46.3 Å². The van der Waals surface area contributed by atoms with Crippen LogP contribution < -0.4 is 10.6 Å². The fourth-order valence-corrected chi connectivity index (χ4v) is 2.84. The van der Waals surface area contributed by atoms with Gasteiger partial charge in [-0.15, -0.1) is 5.10 Å². The summed E-state index contributed by atoms with van der Waals surface area (Å²) in [6, 6.07) is 11.2. The predicted molar refractivity (Wildman–Crippen MR) is 98.8 cm³/mol. The van der Waals surface area contributed by atoms with E-state index < -0.39 is 0 Å². The molecular weight excluding hydrogens is 345 g/mol. The molecule has 0 saturated heterocycles. The summed E-state index contributed by atoms with van der Waals surface area (Å²) in [6.07, 6.45) is 1.53. The van der Waals surface area contributed by atoms with Crippen LogP contribution >= 0.6 is 23.2 Å². The lowest BCUT2D eigenvalue weighted by atomic mass is 10.1. The lowest BCUT2D eigenvalue weighted by Gasteiger charge is -2.12. The maximum Gasteiger partial charge on any atom is 0.249 e. The number of nitrogens with one attached hydrogen (secondary N) is 2. The number of rotatable bonds is 4. The molecule has 122 valence electrons. The zero-order valence-corrected chi connectivity index (χ0v) is 14.7. The minimum Gasteiger partial charge on any atom is -0.339 e. The molecule has 1 heterocycles. The SMILES string of the molecule is Cc1cccc(C)c1Nc1nncc(Nc2cc(Cl)cc(Cl)c2)n1. The third-order valence-corrected chi connectivity index (χ3v) is 3.85. The predicted octanol–water partition coefficient (Wildman–Crippen LogP) is 5.28. The van der Waals surface area contributed by atoms with Crippen molar-refractivity contribution in [1.82, 2.24) is 15.2 Å². The van der Waals surface area contributed by atoms with Crippen molar-refractivity contribution in [2.24, 2.45) is 0 Å². The van der Waals surface area contributed by atoms with E-state index in [1.165, 1.54) is 6.20 Å². The summed E-state index contributed by atoms with van der Waals surface area (Å²) in [5.41, 5.74) is 3.92. The van der Waals surface area contributed by atoms with Gasteiger partial charge >= 0.3 is 0 Å². The van der Waals surface area contributed by atoms with Crippen molar-refractivity contribution in [1.29, 1.82) is 0 Å². The Morgan fingerprint density at radius 3 is 2.25 bits per heavy atom. The first-order valence-electron chi connectivity index (χ1n) is 7.27. The van der Waals surface area contributed by atoms with E-state index >= 15 is 0 Å². The summed E-state index contributed by atoms with van der Waals surface area (Å²) >= 11 is 12.0. The molecule has 2 aromatic carbocycles. The first-order chi connectivity index (χ1) is 11.5. The van der Waals surface area contributed by atoms with Gasteiger partial charge in [0.15, 0.2) is 5.82 Å². The number of aryl methyl sites for hydroxylation is 2. The van der Waals surface area contributed by atoms with Crippen LogP contribution in [0.4, 0.5) is 23.1 Å². The molecule has 0 fully saturated rings. The summed E-state index contributed by atoms with van der Waals surface area (Å²) in [5.74, 6) is 0.947. The van der Waals surface area contributed by atoms with E-state index in [-0.39, 0.29) is 0 Å². The number of hydrogen-bond acceptors (Lipinski definition) is 5. The molecule has 2 N–H and O–H groups in total. The number of para-hydroxylation sites is 1. The standard InChI is InChI=1S/C17H15Cl2N5/c1-10-4-3-5-11(2)16(10)23-17-22-15(9-20-24-17)21-14-7-12(18)6-13(19)8-14/h3-9H,1-2H3,(H2,21,22,23,24). The monoisotopic (exact) mass is 359 g/mol. The van der Waals surface area contributed by atoms with Crippen molar-refractivity contribution in [2.75, 3.05) is 10.6 Å². The Kier molecular flexibility index (Phi) is 4.83. The van der Waals surface area contributed by atoms with Crippen LogP contribution in [0.2, 0.25) is 10.0 Å². The highest BCUT2D eigenvalue weighted by Crippen LogP contribution is 2.26. The van der Waals surface area contributed by atoms with Gasteiger partial charge in [-0.2, -0.15) is 10.1 Å². The topological polar surface area (TPSA) is 62.7 Å². The molecule has 0 spiro atoms. The lowest BCUT2D eigenvalue weighted by molar-refractivity contribution is 0.981. The molecule has 3 rings (SSSR count). The van der Waals surface area contributed by atoms with E-state index in [1.54, 1.807) is 18.2 Å². The molecule has 0 aliphatic carbocycles. The number of hydrogen-bond donors (Lipinski definition) is 2. The van der Waals surface area contributed by atoms with E-state index in [0.717, 1.165) is 22.5 Å². The summed E-state index contributed by atoms with van der Waals surface area (Å²) < 4.78 is 0. The number of nitrogens with zero attached hydrogens (tertiary/aromatic N) is 3. The first-order valence-corrected chi connectivity index (χ1v) is 8.03. The van der Waals surface area contributed by atoms with Crippen molar-refractivity contribution in [3.63, 3.8) is 0 Å². The van der Waals surface area contributed by atoms with Gasteiger partial charge in [0.1, 0.15) is 0 Å². The van der Waals surface area contributed by atoms with E-state index in [4.69, 9.17) is 23.2 Å². The molecule has 5 nitrogen and oxygen atoms in total. The van der Waals surface area contributed by atoms with Gasteiger partial charge in [0.2, 0.25) is 5.95 Å². The van der Waals surface area contributed by atoms with Gasteiger partial charge in [-0.3, -0.25) is 0 Å². The highest BCUT2D eigenvalue weighted by molar-refractivity contribution is 6.35. The minimum absolute atomic E-state index is 0.408. The largest absolute Gasteiger partial charge is 0.339 e. The molecule has 0 saturated carbocycles. The number of anilines is 4. The number of halogens is 2. The van der Waals surface area contributed by atoms with Gasteiger partial charge in [-0.1, -0.05) is 41.4 Å². The van der Waals surface area contributed by atoms with Crippen LogP contribution in [0.3, 0.4) is 0 Å². The number of aromatic nitrogens is 3. The van der Waals surface area contributed by atoms with E-state index in [1.807, 2.05) is 32.0 Å². The van der Waals surface area contributed by atoms with Gasteiger partial charge < -0.3 is 10.6 Å². The maximum atomic E-state index is 6.00. The van der Waals surface area contributed by atoms with Crippen molar-refractivity contribution in [3.05, 3.63) is 63.8 Å². The highest BCUT2D eigenvalue weighted by Gasteiger charge is 2.07. The molecule has 0 bridgehead atoms. The van der Waals surface area contributed by atoms with Crippen molar-refractivity contribution in [2.45, 2.75) is 13.8 Å². The van der Waals surface area contributed by atoms with Crippen LogP contribution in [0, 0.1) is 13.8 Å². The third kappa shape index (κ3) is 3.93. The molecule has 7 heteroatoms. The normalized spacial score (nSPS) is 10.5. The van der Waals surface area contributed by atoms with Crippen LogP contribution in [-0.4, -0.2) is 15.2 Å². The fraction of sp³-hybridized carbons (Fsp3) is 0.118. The third-order valence-electron chi connectivity index (χ3n) is 3.41. The van der Waals surface area contributed by atoms with Crippen LogP contribution in [0.15, 0.2) is 42.6 Å². The van der Waals surface area contributed by atoms with Crippen LogP contribution in [0.25, 0.3) is 0 Å². The Morgan fingerprint density at radius 1 is 0.917 bits per heavy atom. The minimum atomic E-state index is 0.408. The second kappa shape index (κ2) is 7.03. The Balaban J connectivity index is 1.84. The average molecular weight is 360 g/mol. The zero-order chi connectivity index (χ0) is 17.1. The van der Waals surface area contributed by atoms with Crippen LogP contribution in [-0.2, 0) is 0 Å². The molecule has 1 aromatic heterocycles. The molecule has 0 radical (unpaired) electrons. The number of benzene rings is 2. The maximum absolute atomic E-state index is 6.00. The summed E-state index contributed by atoms with van der Waals surface area (Å²) in [6.45, 7) is 4.05. The molecule has 0 amide bonds. The molecule has 0 aliphatic rings. The molecular formula is C17H15Cl2N5. The fourth-order valence-electron chi connectivity index (χ4n) is 2.31. The van der Waals surface area contributed by atoms with Gasteiger partial charge in [0, 0.05) is 21.4 Å². The zero-order valence-electron chi connectivity index (χ0n) is 13.1. The Labute approximate surface area is 150 Å². The van der Waals surface area contributed by atoms with E-state index in [2.05, 4.69) is 25.8 Å². The van der Waals surface area contributed by atoms with Crippen LogP contribution in [0.1, 0.15) is 11.1 Å². The highest BCUT2D eigenvalue weighted by atomic mass is 35.5. The van der Waals surface area contributed by atoms with Gasteiger partial charge in [0.05, 0.1) is 6.20 Å². The van der Waals surface area contributed by atoms with E-state index in [9.17, 15) is 0 Å². The second-order valence-corrected chi connectivity index (χ2v) is 6.21. The molecule has 0 atom stereocenters. The van der Waals surface area contributed by atoms with Crippen LogP contribution in [0.5, 0.6) is 0 Å². The second-order valence-electron chi connectivity index (χ2n) is 5.34. The lowest BCUT2D eigenvalue weighted by Crippen LogP contribution is -2.04. The Bertz CT molecular complexity index is 842. The summed E-state index contributed by atoms with van der Waals surface area (Å²) in [7, 11) is 0. The summed E-state index contributed by atoms with van der Waals surface area (Å²) in [4.78, 5) is 4.42. The van der Waals surface area contributed by atoms with Gasteiger partial charge in [0.25, 0.3) is 0 Å². The van der Waals surface area contributed by atoms with Crippen molar-refractivity contribution in [3.8, 4) is 0 Å². The molecule has 0 unspecified atom stereocenters. The first kappa shape index (κ1) is 16.5. The van der Waals surface area contributed by atoms with E-state index in [0.29, 0.717) is 21.8 Å². The quantitative estimate of drug-likeness (QED) is 0.663. The Morgan fingerprint density at radius 2 is 1.58 bits per heavy atom. The smallest absolute Gasteiger partial charge is 0.249 e. The van der Waals surface area contributed by atoms with Gasteiger partial charge in [-0.25, -0.2) is 0 Å². The average Bonchev–Trinajstić information content (AvgIpc) is 2.50. The summed E-state index contributed by atoms with van der Waals surface area (Å²) in [5, 5.41) is 15.4. The van der Waals surface area contributed by atoms with Gasteiger partial charge in [-0.05, 0) is 43.2 Å². The molecule has 0 aliphatic heterocycles. The van der Waals surface area contributed by atoms with Crippen molar-refractivity contribution < 1.29 is 0 Å². The molecule has 24 heavy (non-hydrogen) atoms.